The van der Waals surface area contributed by atoms with Crippen LogP contribution in [0.25, 0.3) is 5.65 Å². The lowest BCUT2D eigenvalue weighted by molar-refractivity contribution is -0.121. The van der Waals surface area contributed by atoms with Crippen molar-refractivity contribution in [3.8, 4) is 0 Å². The molecule has 2 N–H and O–H groups in total. The van der Waals surface area contributed by atoms with Gasteiger partial charge in [0.1, 0.15) is 5.65 Å². The van der Waals surface area contributed by atoms with Gasteiger partial charge in [-0.1, -0.05) is 6.07 Å². The van der Waals surface area contributed by atoms with Crippen LogP contribution < -0.4 is 10.6 Å². The maximum atomic E-state index is 12.1. The Bertz CT molecular complexity index is 857. The summed E-state index contributed by atoms with van der Waals surface area (Å²) < 4.78 is 4.09. The van der Waals surface area contributed by atoms with E-state index in [2.05, 4.69) is 31.2 Å². The highest BCUT2D eigenvalue weighted by molar-refractivity contribution is 5.76. The highest BCUT2D eigenvalue weighted by atomic mass is 16.1. The first-order valence-corrected chi connectivity index (χ1v) is 8.73. The van der Waals surface area contributed by atoms with Crippen molar-refractivity contribution >= 4 is 11.6 Å². The smallest absolute Gasteiger partial charge is 0.220 e. The van der Waals surface area contributed by atoms with Gasteiger partial charge in [0.05, 0.1) is 17.9 Å². The Morgan fingerprint density at radius 2 is 2.28 bits per heavy atom. The van der Waals surface area contributed by atoms with Crippen LogP contribution in [0.1, 0.15) is 23.5 Å². The maximum absolute atomic E-state index is 12.1. The van der Waals surface area contributed by atoms with Crippen molar-refractivity contribution in [2.75, 3.05) is 13.1 Å². The van der Waals surface area contributed by atoms with Crippen LogP contribution in [0, 0.1) is 0 Å². The molecular formula is C18H22N6O. The third kappa shape index (κ3) is 3.56. The summed E-state index contributed by atoms with van der Waals surface area (Å²) in [5.41, 5.74) is 4.23. The zero-order chi connectivity index (χ0) is 17.1. The van der Waals surface area contributed by atoms with Gasteiger partial charge in [-0.3, -0.25) is 9.48 Å². The number of nitrogens with zero attached hydrogens (tertiary/aromatic N) is 4. The molecule has 1 amide bonds. The number of carbonyl (C=O) groups is 1. The second kappa shape index (κ2) is 7.06. The van der Waals surface area contributed by atoms with Crippen LogP contribution in [0.4, 0.5) is 0 Å². The fourth-order valence-corrected chi connectivity index (χ4v) is 3.20. The van der Waals surface area contributed by atoms with Gasteiger partial charge in [-0.2, -0.15) is 5.10 Å². The minimum atomic E-state index is 0.0675. The topological polar surface area (TPSA) is 76.2 Å². The first-order chi connectivity index (χ1) is 12.3. The Balaban J connectivity index is 1.24. The van der Waals surface area contributed by atoms with E-state index in [9.17, 15) is 4.79 Å². The molecule has 25 heavy (non-hydrogen) atoms. The molecule has 0 atom stereocenters. The van der Waals surface area contributed by atoms with Gasteiger partial charge in [0, 0.05) is 57.0 Å². The summed E-state index contributed by atoms with van der Waals surface area (Å²) in [6.07, 6.45) is 5.78. The predicted octanol–water partition coefficient (Wildman–Crippen LogP) is 0.925. The standard InChI is InChI=1S/C18H22N6O/c25-18(5-4-14-11-16-12-19-8-10-24(16)22-14)20-7-6-15-13-21-17-3-1-2-9-23(15)17/h1-3,9,11,13,19H,4-8,10,12H2,(H,20,25). The fraction of sp³-hybridized carbons (Fsp3) is 0.389. The third-order valence-corrected chi connectivity index (χ3v) is 4.53. The summed E-state index contributed by atoms with van der Waals surface area (Å²) in [7, 11) is 0. The molecular weight excluding hydrogens is 316 g/mol. The van der Waals surface area contributed by atoms with Gasteiger partial charge in [0.2, 0.25) is 5.91 Å². The van der Waals surface area contributed by atoms with Crippen LogP contribution in [0.3, 0.4) is 0 Å². The van der Waals surface area contributed by atoms with Crippen molar-refractivity contribution in [2.24, 2.45) is 0 Å². The number of imidazole rings is 1. The van der Waals surface area contributed by atoms with Crippen molar-refractivity contribution in [2.45, 2.75) is 32.4 Å². The normalized spacial score (nSPS) is 13.8. The van der Waals surface area contributed by atoms with Gasteiger partial charge in [-0.15, -0.1) is 0 Å². The van der Waals surface area contributed by atoms with E-state index in [4.69, 9.17) is 0 Å². The Morgan fingerprint density at radius 1 is 1.32 bits per heavy atom. The molecule has 3 aromatic heterocycles. The SMILES string of the molecule is O=C(CCc1cc2n(n1)CCNC2)NCCc1cnc2ccccn12. The van der Waals surface area contributed by atoms with E-state index in [1.807, 2.05) is 35.3 Å². The molecule has 0 radical (unpaired) electrons. The van der Waals surface area contributed by atoms with E-state index >= 15 is 0 Å². The Hall–Kier alpha value is -2.67. The Morgan fingerprint density at radius 3 is 3.20 bits per heavy atom. The monoisotopic (exact) mass is 338 g/mol. The van der Waals surface area contributed by atoms with Gasteiger partial charge < -0.3 is 15.0 Å². The number of pyridine rings is 1. The number of amides is 1. The highest BCUT2D eigenvalue weighted by Gasteiger charge is 2.12. The van der Waals surface area contributed by atoms with Gasteiger partial charge >= 0.3 is 0 Å². The first kappa shape index (κ1) is 15.8. The van der Waals surface area contributed by atoms with Crippen molar-refractivity contribution in [1.82, 2.24) is 29.8 Å². The van der Waals surface area contributed by atoms with Crippen LogP contribution >= 0.6 is 0 Å². The number of nitrogens with one attached hydrogen (secondary N) is 2. The van der Waals surface area contributed by atoms with Crippen LogP contribution in [0.2, 0.25) is 0 Å². The van der Waals surface area contributed by atoms with E-state index in [1.54, 1.807) is 0 Å². The largest absolute Gasteiger partial charge is 0.356 e. The van der Waals surface area contributed by atoms with E-state index in [1.165, 1.54) is 5.69 Å². The highest BCUT2D eigenvalue weighted by Crippen LogP contribution is 2.10. The summed E-state index contributed by atoms with van der Waals surface area (Å²) in [4.78, 5) is 16.4. The number of aromatic nitrogens is 4. The number of rotatable bonds is 6. The van der Waals surface area contributed by atoms with Gasteiger partial charge in [-0.05, 0) is 18.2 Å². The molecule has 0 aromatic carbocycles. The molecule has 0 fully saturated rings. The minimum absolute atomic E-state index is 0.0675. The van der Waals surface area contributed by atoms with Crippen LogP contribution in [-0.4, -0.2) is 38.2 Å². The average molecular weight is 338 g/mol. The number of hydrogen-bond acceptors (Lipinski definition) is 4. The average Bonchev–Trinajstić information content (AvgIpc) is 3.24. The van der Waals surface area contributed by atoms with Crippen LogP contribution in [0.5, 0.6) is 0 Å². The van der Waals surface area contributed by atoms with Crippen molar-refractivity contribution in [1.29, 1.82) is 0 Å². The first-order valence-electron chi connectivity index (χ1n) is 8.73. The predicted molar refractivity (Wildman–Crippen MR) is 94.2 cm³/mol. The van der Waals surface area contributed by atoms with Crippen molar-refractivity contribution < 1.29 is 4.79 Å². The molecule has 0 bridgehead atoms. The zero-order valence-electron chi connectivity index (χ0n) is 14.1. The molecule has 7 heteroatoms. The summed E-state index contributed by atoms with van der Waals surface area (Å²) in [5, 5.41) is 10.9. The third-order valence-electron chi connectivity index (χ3n) is 4.53. The molecule has 7 nitrogen and oxygen atoms in total. The quantitative estimate of drug-likeness (QED) is 0.701. The molecule has 1 aliphatic rings. The lowest BCUT2D eigenvalue weighted by atomic mass is 10.2. The van der Waals surface area contributed by atoms with Crippen LogP contribution in [0.15, 0.2) is 36.7 Å². The molecule has 3 aromatic rings. The zero-order valence-corrected chi connectivity index (χ0v) is 14.1. The molecule has 0 aliphatic carbocycles. The molecule has 4 rings (SSSR count). The van der Waals surface area contributed by atoms with Gasteiger partial charge in [-0.25, -0.2) is 4.98 Å². The molecule has 0 saturated carbocycles. The van der Waals surface area contributed by atoms with Gasteiger partial charge in [0.25, 0.3) is 0 Å². The summed E-state index contributed by atoms with van der Waals surface area (Å²) in [6, 6.07) is 8.02. The van der Waals surface area contributed by atoms with Crippen molar-refractivity contribution in [3.63, 3.8) is 0 Å². The van der Waals surface area contributed by atoms with Gasteiger partial charge in [0.15, 0.2) is 0 Å². The molecule has 0 unspecified atom stereocenters. The number of aryl methyl sites for hydroxylation is 1. The van der Waals surface area contributed by atoms with Crippen LogP contribution in [-0.2, 0) is 30.7 Å². The second-order valence-electron chi connectivity index (χ2n) is 6.31. The molecule has 1 aliphatic heterocycles. The van der Waals surface area contributed by atoms with E-state index in [-0.39, 0.29) is 5.91 Å². The molecule has 130 valence electrons. The summed E-state index contributed by atoms with van der Waals surface area (Å²) in [6.45, 7) is 3.34. The lowest BCUT2D eigenvalue weighted by Gasteiger charge is -2.13. The second-order valence-corrected chi connectivity index (χ2v) is 6.31. The van der Waals surface area contributed by atoms with E-state index in [0.29, 0.717) is 19.4 Å². The maximum Gasteiger partial charge on any atom is 0.220 e. The van der Waals surface area contributed by atoms with E-state index in [0.717, 1.165) is 43.1 Å². The lowest BCUT2D eigenvalue weighted by Crippen LogP contribution is -2.28. The number of fused-ring (bicyclic) bond motifs is 2. The minimum Gasteiger partial charge on any atom is -0.356 e. The molecule has 0 saturated heterocycles. The molecule has 0 spiro atoms. The summed E-state index contributed by atoms with van der Waals surface area (Å²) in [5.74, 6) is 0.0675. The number of hydrogen-bond donors (Lipinski definition) is 2. The fourth-order valence-electron chi connectivity index (χ4n) is 3.20. The Labute approximate surface area is 146 Å². The number of carbonyl (C=O) groups excluding carboxylic acids is 1. The van der Waals surface area contributed by atoms with Crippen molar-refractivity contribution in [3.05, 3.63) is 53.7 Å². The Kier molecular flexibility index (Phi) is 4.47. The van der Waals surface area contributed by atoms with E-state index < -0.39 is 0 Å². The summed E-state index contributed by atoms with van der Waals surface area (Å²) >= 11 is 0. The molecule has 4 heterocycles.